The Bertz CT molecular complexity index is 1040. The van der Waals surface area contributed by atoms with E-state index in [9.17, 15) is 4.79 Å². The van der Waals surface area contributed by atoms with E-state index in [-0.39, 0.29) is 16.9 Å². The van der Waals surface area contributed by atoms with E-state index in [2.05, 4.69) is 10.3 Å². The van der Waals surface area contributed by atoms with Crippen LogP contribution in [0.4, 0.5) is 0 Å². The van der Waals surface area contributed by atoms with Crippen LogP contribution in [0.15, 0.2) is 65.7 Å². The third-order valence-electron chi connectivity index (χ3n) is 4.93. The average Bonchev–Trinajstić information content (AvgIpc) is 2.77. The second-order valence-corrected chi connectivity index (χ2v) is 8.17. The van der Waals surface area contributed by atoms with Crippen molar-refractivity contribution < 1.29 is 14.3 Å². The number of methoxy groups -OCH3 is 2. The maximum Gasteiger partial charge on any atom is 0.247 e. The van der Waals surface area contributed by atoms with Crippen LogP contribution >= 0.6 is 24.0 Å². The van der Waals surface area contributed by atoms with Crippen molar-refractivity contribution in [1.82, 2.24) is 5.32 Å². The molecule has 0 bridgehead atoms. The van der Waals surface area contributed by atoms with Gasteiger partial charge in [-0.25, -0.2) is 4.99 Å². The Morgan fingerprint density at radius 1 is 0.933 bits per heavy atom. The Labute approximate surface area is 183 Å². The van der Waals surface area contributed by atoms with E-state index < -0.39 is 5.41 Å². The number of hydrogen-bond acceptors (Lipinski definition) is 6. The largest absolute Gasteiger partial charge is 0.497 e. The molecule has 6 nitrogen and oxygen atoms in total. The van der Waals surface area contributed by atoms with Gasteiger partial charge < -0.3 is 15.2 Å². The van der Waals surface area contributed by atoms with Crippen molar-refractivity contribution in [3.05, 3.63) is 71.8 Å². The number of amides is 1. The predicted octanol–water partition coefficient (Wildman–Crippen LogP) is 3.59. The number of aliphatic imine (C=N–C) groups is 1. The molecule has 152 valence electrons. The van der Waals surface area contributed by atoms with Crippen LogP contribution in [0.2, 0.25) is 0 Å². The summed E-state index contributed by atoms with van der Waals surface area (Å²) in [6, 6.07) is 15.3. The van der Waals surface area contributed by atoms with Gasteiger partial charge in [-0.2, -0.15) is 0 Å². The van der Waals surface area contributed by atoms with Gasteiger partial charge in [-0.15, -0.1) is 0 Å². The van der Waals surface area contributed by atoms with Crippen LogP contribution < -0.4 is 20.5 Å². The van der Waals surface area contributed by atoms with E-state index in [4.69, 9.17) is 27.4 Å². The summed E-state index contributed by atoms with van der Waals surface area (Å²) >= 11 is 6.59. The zero-order chi connectivity index (χ0) is 21.3. The Morgan fingerprint density at radius 3 is 1.80 bits per heavy atom. The summed E-state index contributed by atoms with van der Waals surface area (Å²) in [5.74, 6) is 1.33. The smallest absolute Gasteiger partial charge is 0.247 e. The van der Waals surface area contributed by atoms with Crippen molar-refractivity contribution in [3.63, 3.8) is 0 Å². The monoisotopic (exact) mass is 437 g/mol. The SMILES string of the molecule is COc1ccc(C2=CC3(C=C(c4ccc(OC)cc4)S2)C(=O)NC(=S)N=C3N)cc1. The molecular formula is C22H19N3O3S2. The predicted molar refractivity (Wildman–Crippen MR) is 124 cm³/mol. The highest BCUT2D eigenvalue weighted by Gasteiger charge is 2.45. The summed E-state index contributed by atoms with van der Waals surface area (Å²) in [6.45, 7) is 0. The number of hydrogen-bond donors (Lipinski definition) is 2. The summed E-state index contributed by atoms with van der Waals surface area (Å²) in [4.78, 5) is 19.0. The molecule has 0 atom stereocenters. The van der Waals surface area contributed by atoms with Gasteiger partial charge in [0.25, 0.3) is 0 Å². The minimum atomic E-state index is -1.22. The lowest BCUT2D eigenvalue weighted by atomic mass is 9.82. The Morgan fingerprint density at radius 2 is 1.40 bits per heavy atom. The molecule has 8 heteroatoms. The van der Waals surface area contributed by atoms with Crippen molar-refractivity contribution in [3.8, 4) is 11.5 Å². The van der Waals surface area contributed by atoms with Gasteiger partial charge in [0.05, 0.1) is 14.2 Å². The minimum absolute atomic E-state index is 0.0696. The van der Waals surface area contributed by atoms with Crippen LogP contribution in [0.5, 0.6) is 11.5 Å². The van der Waals surface area contributed by atoms with Crippen LogP contribution in [-0.2, 0) is 4.79 Å². The van der Waals surface area contributed by atoms with Crippen LogP contribution in [-0.4, -0.2) is 31.1 Å². The fraction of sp³-hybridized carbons (Fsp3) is 0.136. The van der Waals surface area contributed by atoms with Gasteiger partial charge in [-0.1, -0.05) is 36.0 Å². The second kappa shape index (κ2) is 7.97. The van der Waals surface area contributed by atoms with Crippen LogP contribution in [0.1, 0.15) is 11.1 Å². The molecule has 0 aliphatic carbocycles. The lowest BCUT2D eigenvalue weighted by molar-refractivity contribution is -0.122. The zero-order valence-corrected chi connectivity index (χ0v) is 18.0. The second-order valence-electron chi connectivity index (χ2n) is 6.70. The van der Waals surface area contributed by atoms with Crippen molar-refractivity contribution >= 4 is 50.6 Å². The van der Waals surface area contributed by atoms with E-state index in [1.807, 2.05) is 60.7 Å². The summed E-state index contributed by atoms with van der Waals surface area (Å²) in [5, 5.41) is 2.71. The van der Waals surface area contributed by atoms with Crippen molar-refractivity contribution in [2.75, 3.05) is 14.2 Å². The van der Waals surface area contributed by atoms with E-state index in [1.165, 1.54) is 0 Å². The Balaban J connectivity index is 1.85. The number of nitrogens with zero attached hydrogens (tertiary/aromatic N) is 1. The zero-order valence-electron chi connectivity index (χ0n) is 16.3. The Hall–Kier alpha value is -3.10. The minimum Gasteiger partial charge on any atom is -0.497 e. The van der Waals surface area contributed by atoms with Crippen molar-refractivity contribution in [1.29, 1.82) is 0 Å². The van der Waals surface area contributed by atoms with Gasteiger partial charge in [0.2, 0.25) is 11.0 Å². The molecule has 0 unspecified atom stereocenters. The molecule has 0 saturated heterocycles. The number of benzene rings is 2. The number of carbonyl (C=O) groups excluding carboxylic acids is 1. The highest BCUT2D eigenvalue weighted by molar-refractivity contribution is 8.16. The average molecular weight is 438 g/mol. The molecule has 1 amide bonds. The number of amidine groups is 1. The molecule has 2 aliphatic rings. The molecule has 0 saturated carbocycles. The number of carbonyl (C=O) groups is 1. The van der Waals surface area contributed by atoms with E-state index in [0.717, 1.165) is 32.4 Å². The highest BCUT2D eigenvalue weighted by Crippen LogP contribution is 2.49. The first-order valence-corrected chi connectivity index (χ1v) is 10.3. The maximum absolute atomic E-state index is 13.0. The van der Waals surface area contributed by atoms with Crippen LogP contribution in [0.25, 0.3) is 9.81 Å². The standard InChI is InChI=1S/C22H19N3O3S2/c1-27-15-7-3-13(4-8-15)17-11-22(19(23)24-21(29)25-20(22)26)12-18(30-17)14-5-9-16(28-2)10-6-14/h3-12H,1-2H3,(H3,23,24,25,26,29). The summed E-state index contributed by atoms with van der Waals surface area (Å²) in [5.41, 5.74) is 6.91. The van der Waals surface area contributed by atoms with Crippen LogP contribution in [0.3, 0.4) is 0 Å². The highest BCUT2D eigenvalue weighted by atomic mass is 32.2. The van der Waals surface area contributed by atoms with Gasteiger partial charge in [0.15, 0.2) is 0 Å². The fourth-order valence-corrected chi connectivity index (χ4v) is 4.68. The number of nitrogens with two attached hydrogens (primary N) is 1. The van der Waals surface area contributed by atoms with Gasteiger partial charge in [0, 0.05) is 9.81 Å². The maximum atomic E-state index is 13.0. The topological polar surface area (TPSA) is 85.9 Å². The molecule has 2 heterocycles. The van der Waals surface area contributed by atoms with Gasteiger partial charge in [0.1, 0.15) is 22.7 Å². The van der Waals surface area contributed by atoms with Crippen molar-refractivity contribution in [2.24, 2.45) is 16.1 Å². The first-order chi connectivity index (χ1) is 14.4. The molecule has 0 radical (unpaired) electrons. The molecule has 0 fully saturated rings. The van der Waals surface area contributed by atoms with Gasteiger partial charge >= 0.3 is 0 Å². The van der Waals surface area contributed by atoms with Gasteiger partial charge in [-0.3, -0.25) is 10.1 Å². The fourth-order valence-electron chi connectivity index (χ4n) is 3.25. The number of thioether (sulfide) groups is 1. The van der Waals surface area contributed by atoms with E-state index in [0.29, 0.717) is 0 Å². The lowest BCUT2D eigenvalue weighted by Gasteiger charge is -2.33. The molecule has 30 heavy (non-hydrogen) atoms. The van der Waals surface area contributed by atoms with E-state index in [1.54, 1.807) is 26.0 Å². The van der Waals surface area contributed by atoms with Gasteiger partial charge in [-0.05, 0) is 59.8 Å². The molecule has 3 N–H and O–H groups in total. The summed E-state index contributed by atoms with van der Waals surface area (Å²) in [7, 11) is 3.24. The third kappa shape index (κ3) is 3.59. The Kier molecular flexibility index (Phi) is 5.36. The molecule has 1 spiro atoms. The summed E-state index contributed by atoms with van der Waals surface area (Å²) in [6.07, 6.45) is 3.67. The normalized spacial score (nSPS) is 17.6. The number of thiocarbonyl (C=S) groups is 1. The third-order valence-corrected chi connectivity index (χ3v) is 6.27. The summed E-state index contributed by atoms with van der Waals surface area (Å²) < 4.78 is 10.5. The molecule has 4 rings (SSSR count). The van der Waals surface area contributed by atoms with Crippen molar-refractivity contribution in [2.45, 2.75) is 0 Å². The van der Waals surface area contributed by atoms with E-state index >= 15 is 0 Å². The molecule has 2 aromatic carbocycles. The number of rotatable bonds is 4. The number of ether oxygens (including phenoxy) is 2. The molecular weight excluding hydrogens is 418 g/mol. The molecule has 2 aromatic rings. The first-order valence-electron chi connectivity index (χ1n) is 9.07. The number of nitrogens with one attached hydrogen (secondary N) is 1. The first kappa shape index (κ1) is 20.2. The quantitative estimate of drug-likeness (QED) is 0.711. The van der Waals surface area contributed by atoms with Crippen LogP contribution in [0, 0.1) is 5.41 Å². The molecule has 0 aromatic heterocycles. The lowest BCUT2D eigenvalue weighted by Crippen LogP contribution is -2.53. The molecule has 2 aliphatic heterocycles.